The summed E-state index contributed by atoms with van der Waals surface area (Å²) in [5.41, 5.74) is 4.17. The molecule has 2 aromatic heterocycles. The minimum Gasteiger partial charge on any atom is -0.497 e. The number of ether oxygens (including phenoxy) is 1. The lowest BCUT2D eigenvalue weighted by Crippen LogP contribution is -1.89. The fraction of sp³-hybridized carbons (Fsp3) is 0.200. The molecule has 3 aromatic rings. The maximum atomic E-state index is 5.17. The Kier molecular flexibility index (Phi) is 5.26. The molecule has 4 nitrogen and oxygen atoms in total. The Hall–Kier alpha value is -3.06. The molecule has 0 saturated carbocycles. The van der Waals surface area contributed by atoms with Crippen molar-refractivity contribution in [2.45, 2.75) is 19.3 Å². The number of nitrogens with zero attached hydrogens (tertiary/aromatic N) is 2. The number of pyridine rings is 1. The third kappa shape index (κ3) is 4.47. The molecule has 0 aliphatic heterocycles. The van der Waals surface area contributed by atoms with Gasteiger partial charge in [0.1, 0.15) is 11.4 Å². The molecule has 0 atom stereocenters. The first-order valence-corrected chi connectivity index (χ1v) is 7.89. The predicted molar refractivity (Wildman–Crippen MR) is 93.8 cm³/mol. The summed E-state index contributed by atoms with van der Waals surface area (Å²) in [6.07, 6.45) is 4.18. The van der Waals surface area contributed by atoms with Gasteiger partial charge in [-0.25, -0.2) is 4.98 Å². The van der Waals surface area contributed by atoms with Gasteiger partial charge in [0.25, 0.3) is 0 Å². The van der Waals surface area contributed by atoms with Crippen LogP contribution in [0.25, 0.3) is 0 Å². The normalized spacial score (nSPS) is 10.0. The Balaban J connectivity index is 1.53. The van der Waals surface area contributed by atoms with E-state index in [1.165, 1.54) is 5.56 Å². The lowest BCUT2D eigenvalue weighted by molar-refractivity contribution is 0.414. The molecule has 120 valence electrons. The maximum absolute atomic E-state index is 5.17. The van der Waals surface area contributed by atoms with Crippen LogP contribution < -0.4 is 4.74 Å². The van der Waals surface area contributed by atoms with Crippen LogP contribution in [0.5, 0.6) is 5.75 Å². The van der Waals surface area contributed by atoms with Crippen molar-refractivity contribution in [3.63, 3.8) is 0 Å². The molecule has 0 unspecified atom stereocenters. The number of rotatable bonds is 5. The Morgan fingerprint density at radius 2 is 2.00 bits per heavy atom. The average Bonchev–Trinajstić information content (AvgIpc) is 3.08. The van der Waals surface area contributed by atoms with E-state index in [-0.39, 0.29) is 0 Å². The molecule has 4 heteroatoms. The maximum Gasteiger partial charge on any atom is 0.118 e. The summed E-state index contributed by atoms with van der Waals surface area (Å²) >= 11 is 0. The topological polar surface area (TPSA) is 50.8 Å². The van der Waals surface area contributed by atoms with Crippen molar-refractivity contribution in [3.8, 4) is 17.6 Å². The number of aromatic nitrogens is 3. The van der Waals surface area contributed by atoms with Crippen molar-refractivity contribution in [2.75, 3.05) is 7.11 Å². The van der Waals surface area contributed by atoms with Gasteiger partial charge >= 0.3 is 0 Å². The summed E-state index contributed by atoms with van der Waals surface area (Å²) < 4.78 is 5.17. The minimum absolute atomic E-state index is 0.767. The monoisotopic (exact) mass is 317 g/mol. The molecular weight excluding hydrogens is 298 g/mol. The van der Waals surface area contributed by atoms with Crippen LogP contribution in [-0.2, 0) is 12.8 Å². The van der Waals surface area contributed by atoms with Crippen LogP contribution in [0.15, 0.2) is 54.7 Å². The number of benzene rings is 1. The lowest BCUT2D eigenvalue weighted by atomic mass is 10.1. The zero-order valence-corrected chi connectivity index (χ0v) is 13.6. The van der Waals surface area contributed by atoms with Gasteiger partial charge < -0.3 is 4.74 Å². The van der Waals surface area contributed by atoms with Gasteiger partial charge in [-0.05, 0) is 41.8 Å². The van der Waals surface area contributed by atoms with Crippen LogP contribution in [0.3, 0.4) is 0 Å². The summed E-state index contributed by atoms with van der Waals surface area (Å²) in [7, 11) is 1.67. The third-order valence-corrected chi connectivity index (χ3v) is 3.63. The van der Waals surface area contributed by atoms with E-state index < -0.39 is 0 Å². The van der Waals surface area contributed by atoms with Crippen molar-refractivity contribution in [1.82, 2.24) is 15.2 Å². The summed E-state index contributed by atoms with van der Waals surface area (Å²) in [5, 5.41) is 7.46. The first kappa shape index (κ1) is 15.8. The fourth-order valence-electron chi connectivity index (χ4n) is 2.37. The molecule has 0 spiro atoms. The summed E-state index contributed by atoms with van der Waals surface area (Å²) in [4.78, 5) is 4.18. The molecule has 2 heterocycles. The largest absolute Gasteiger partial charge is 0.497 e. The molecule has 0 bridgehead atoms. The number of hydrogen-bond acceptors (Lipinski definition) is 3. The highest BCUT2D eigenvalue weighted by Crippen LogP contribution is 2.14. The van der Waals surface area contributed by atoms with E-state index >= 15 is 0 Å². The van der Waals surface area contributed by atoms with E-state index in [9.17, 15) is 0 Å². The summed E-state index contributed by atoms with van der Waals surface area (Å²) in [6.45, 7) is 0. The number of H-pyrrole nitrogens is 1. The Morgan fingerprint density at radius 1 is 1.12 bits per heavy atom. The van der Waals surface area contributed by atoms with Crippen LogP contribution in [0.1, 0.15) is 29.1 Å². The second kappa shape index (κ2) is 7.98. The van der Waals surface area contributed by atoms with E-state index in [0.717, 1.165) is 42.1 Å². The quantitative estimate of drug-likeness (QED) is 0.734. The van der Waals surface area contributed by atoms with Gasteiger partial charge in [0, 0.05) is 31.2 Å². The highest BCUT2D eigenvalue weighted by molar-refractivity contribution is 5.30. The molecule has 0 saturated heterocycles. The Bertz CT molecular complexity index is 827. The molecule has 24 heavy (non-hydrogen) atoms. The third-order valence-electron chi connectivity index (χ3n) is 3.63. The van der Waals surface area contributed by atoms with Crippen molar-refractivity contribution >= 4 is 0 Å². The predicted octanol–water partition coefficient (Wildman–Crippen LogP) is 3.39. The molecule has 0 amide bonds. The van der Waals surface area contributed by atoms with Gasteiger partial charge in [-0.3, -0.25) is 5.10 Å². The number of nitrogens with one attached hydrogen (secondary N) is 1. The molecule has 1 N–H and O–H groups in total. The van der Waals surface area contributed by atoms with E-state index in [1.807, 2.05) is 30.3 Å². The molecule has 1 aromatic carbocycles. The van der Waals surface area contributed by atoms with Crippen molar-refractivity contribution in [3.05, 3.63) is 77.4 Å². The van der Waals surface area contributed by atoms with E-state index in [2.05, 4.69) is 45.2 Å². The second-order valence-corrected chi connectivity index (χ2v) is 5.43. The van der Waals surface area contributed by atoms with Crippen molar-refractivity contribution in [1.29, 1.82) is 0 Å². The van der Waals surface area contributed by atoms with Gasteiger partial charge in [0.15, 0.2) is 0 Å². The zero-order valence-electron chi connectivity index (χ0n) is 13.6. The number of methoxy groups -OCH3 is 1. The molecule has 0 aliphatic rings. The lowest BCUT2D eigenvalue weighted by Gasteiger charge is -2.01. The fourth-order valence-corrected chi connectivity index (χ4v) is 2.37. The van der Waals surface area contributed by atoms with Crippen molar-refractivity contribution in [2.24, 2.45) is 0 Å². The highest BCUT2D eigenvalue weighted by Gasteiger charge is 2.02. The summed E-state index contributed by atoms with van der Waals surface area (Å²) in [5.74, 6) is 7.07. The minimum atomic E-state index is 0.767. The first-order valence-electron chi connectivity index (χ1n) is 7.89. The standard InChI is InChI=1S/C20H19N3O/c1-24-20-11-9-16(10-12-20)14-19-15-18(22-23-19)8-3-2-6-17-7-4-5-13-21-17/h4-5,7,9-13,15H,3,8,14H2,1H3,(H,22,23). The van der Waals surface area contributed by atoms with Crippen LogP contribution in [0.4, 0.5) is 0 Å². The van der Waals surface area contributed by atoms with Gasteiger partial charge in [-0.15, -0.1) is 0 Å². The number of hydrogen-bond donors (Lipinski definition) is 1. The zero-order chi connectivity index (χ0) is 16.6. The molecular formula is C20H19N3O. The van der Waals surface area contributed by atoms with Crippen LogP contribution in [0.2, 0.25) is 0 Å². The Labute approximate surface area is 141 Å². The second-order valence-electron chi connectivity index (χ2n) is 5.43. The average molecular weight is 317 g/mol. The van der Waals surface area contributed by atoms with Crippen molar-refractivity contribution < 1.29 is 4.74 Å². The SMILES string of the molecule is COc1ccc(Cc2cc(CCC#Cc3ccccn3)n[nH]2)cc1. The van der Waals surface area contributed by atoms with Gasteiger partial charge in [0.05, 0.1) is 12.8 Å². The van der Waals surface area contributed by atoms with E-state index in [0.29, 0.717) is 0 Å². The van der Waals surface area contributed by atoms with Gasteiger partial charge in [-0.1, -0.05) is 24.1 Å². The first-order chi connectivity index (χ1) is 11.8. The van der Waals surface area contributed by atoms with Crippen LogP contribution >= 0.6 is 0 Å². The molecule has 3 rings (SSSR count). The van der Waals surface area contributed by atoms with E-state index in [4.69, 9.17) is 4.74 Å². The van der Waals surface area contributed by atoms with Gasteiger partial charge in [0.2, 0.25) is 0 Å². The van der Waals surface area contributed by atoms with Crippen LogP contribution in [-0.4, -0.2) is 22.3 Å². The molecule has 0 radical (unpaired) electrons. The smallest absolute Gasteiger partial charge is 0.118 e. The van der Waals surface area contributed by atoms with Crippen LogP contribution in [0, 0.1) is 11.8 Å². The Morgan fingerprint density at radius 3 is 2.75 bits per heavy atom. The van der Waals surface area contributed by atoms with Gasteiger partial charge in [-0.2, -0.15) is 5.10 Å². The van der Waals surface area contributed by atoms with E-state index in [1.54, 1.807) is 13.3 Å². The number of aromatic amines is 1. The molecule has 0 fully saturated rings. The number of aryl methyl sites for hydroxylation is 1. The molecule has 0 aliphatic carbocycles. The summed E-state index contributed by atoms with van der Waals surface area (Å²) in [6, 6.07) is 15.9. The highest BCUT2D eigenvalue weighted by atomic mass is 16.5.